The predicted octanol–water partition coefficient (Wildman–Crippen LogP) is 17.5. The van der Waals surface area contributed by atoms with Crippen LogP contribution in [-0.4, -0.2) is 0 Å². The lowest BCUT2D eigenvalue weighted by Crippen LogP contribution is -2.28. The Hall–Kier alpha value is -5.46. The molecule has 0 spiro atoms. The van der Waals surface area contributed by atoms with Crippen LogP contribution in [0.15, 0.2) is 164 Å². The zero-order chi connectivity index (χ0) is 44.9. The van der Waals surface area contributed by atoms with E-state index in [0.29, 0.717) is 0 Å². The number of rotatable bonds is 2. The van der Waals surface area contributed by atoms with E-state index in [0.717, 1.165) is 5.92 Å². The summed E-state index contributed by atoms with van der Waals surface area (Å²) >= 11 is 0. The van der Waals surface area contributed by atoms with Gasteiger partial charge in [0.25, 0.3) is 0 Å². The lowest BCUT2D eigenvalue weighted by atomic mass is 9.67. The SMILES string of the molecule is CC1CCCCC1.Cc1cc(C)c(C)c(C)c1.Cc1ccc(C(C)(C)C)cc1.Cc1ccc(C)cc1.Cc1ccc2c(c1)C(c1ccccc1)(c1ccccc1)c1ccccc1-2. The van der Waals surface area contributed by atoms with Crippen LogP contribution in [-0.2, 0) is 10.8 Å². The van der Waals surface area contributed by atoms with E-state index in [-0.39, 0.29) is 10.8 Å². The van der Waals surface area contributed by atoms with E-state index in [9.17, 15) is 0 Å². The number of fused-ring (bicyclic) bond motifs is 3. The Kier molecular flexibility index (Phi) is 16.9. The number of hydrogen-bond acceptors (Lipinski definition) is 0. The molecule has 0 heteroatoms. The Labute approximate surface area is 377 Å². The highest BCUT2D eigenvalue weighted by Crippen LogP contribution is 2.56. The van der Waals surface area contributed by atoms with Gasteiger partial charge in [-0.3, -0.25) is 0 Å². The number of benzene rings is 7. The molecule has 0 nitrogen and oxygen atoms in total. The average Bonchev–Trinajstić information content (AvgIpc) is 3.55. The lowest BCUT2D eigenvalue weighted by molar-refractivity contribution is 0.385. The molecule has 0 radical (unpaired) electrons. The molecule has 1 fully saturated rings. The van der Waals surface area contributed by atoms with Crippen LogP contribution in [0.25, 0.3) is 11.1 Å². The monoisotopic (exact) mass is 819 g/mol. The Morgan fingerprint density at radius 3 is 1.27 bits per heavy atom. The molecule has 2 aliphatic carbocycles. The van der Waals surface area contributed by atoms with Crippen LogP contribution >= 0.6 is 0 Å². The highest BCUT2D eigenvalue weighted by Gasteiger charge is 2.45. The Morgan fingerprint density at radius 2 is 0.823 bits per heavy atom. The van der Waals surface area contributed by atoms with Gasteiger partial charge in [0.05, 0.1) is 5.41 Å². The van der Waals surface area contributed by atoms with Gasteiger partial charge in [-0.2, -0.15) is 0 Å². The third-order valence-corrected chi connectivity index (χ3v) is 12.7. The predicted molar refractivity (Wildman–Crippen MR) is 272 cm³/mol. The van der Waals surface area contributed by atoms with Crippen LogP contribution < -0.4 is 0 Å². The zero-order valence-electron chi connectivity index (χ0n) is 40.2. The number of hydrogen-bond donors (Lipinski definition) is 0. The summed E-state index contributed by atoms with van der Waals surface area (Å²) in [6.07, 6.45) is 7.44. The van der Waals surface area contributed by atoms with Crippen molar-refractivity contribution in [1.82, 2.24) is 0 Å². The fourth-order valence-corrected chi connectivity index (χ4v) is 8.81. The van der Waals surface area contributed by atoms with E-state index in [4.69, 9.17) is 0 Å². The van der Waals surface area contributed by atoms with Crippen LogP contribution in [0.2, 0.25) is 0 Å². The van der Waals surface area contributed by atoms with Crippen molar-refractivity contribution >= 4 is 0 Å². The maximum atomic E-state index is 2.37. The first-order valence-corrected chi connectivity index (χ1v) is 23.1. The van der Waals surface area contributed by atoms with E-state index in [1.165, 1.54) is 116 Å². The summed E-state index contributed by atoms with van der Waals surface area (Å²) < 4.78 is 0. The van der Waals surface area contributed by atoms with Crippen LogP contribution in [0.3, 0.4) is 0 Å². The Balaban J connectivity index is 0.000000167. The van der Waals surface area contributed by atoms with Gasteiger partial charge in [-0.1, -0.05) is 251 Å². The molecule has 0 N–H and O–H groups in total. The van der Waals surface area contributed by atoms with E-state index < -0.39 is 0 Å². The van der Waals surface area contributed by atoms with Crippen LogP contribution in [0.4, 0.5) is 0 Å². The first kappa shape index (κ1) is 47.6. The summed E-state index contributed by atoms with van der Waals surface area (Å²) in [5.41, 5.74) is 20.4. The van der Waals surface area contributed by atoms with E-state index in [1.807, 2.05) is 0 Å². The third kappa shape index (κ3) is 12.3. The second-order valence-corrected chi connectivity index (χ2v) is 19.1. The maximum Gasteiger partial charge on any atom is 0.0713 e. The first-order valence-electron chi connectivity index (χ1n) is 23.1. The summed E-state index contributed by atoms with van der Waals surface area (Å²) in [7, 11) is 0. The smallest absolute Gasteiger partial charge is 0.0625 e. The van der Waals surface area contributed by atoms with Crippen molar-refractivity contribution in [2.45, 2.75) is 126 Å². The molecule has 2 aliphatic rings. The summed E-state index contributed by atoms with van der Waals surface area (Å²) in [5, 5.41) is 0. The quantitative estimate of drug-likeness (QED) is 0.163. The van der Waals surface area contributed by atoms with Gasteiger partial charge < -0.3 is 0 Å². The Bertz CT molecular complexity index is 2330. The molecular formula is C62H74. The molecular weight excluding hydrogens is 745 g/mol. The molecule has 0 saturated heterocycles. The van der Waals surface area contributed by atoms with E-state index in [2.05, 4.69) is 247 Å². The van der Waals surface area contributed by atoms with Gasteiger partial charge >= 0.3 is 0 Å². The lowest BCUT2D eigenvalue weighted by Gasteiger charge is -2.34. The fraction of sp³-hybridized carbons (Fsp3) is 0.323. The molecule has 0 bridgehead atoms. The summed E-state index contributed by atoms with van der Waals surface area (Å²) in [4.78, 5) is 0. The summed E-state index contributed by atoms with van der Waals surface area (Å²) in [6, 6.07) is 59.3. The van der Waals surface area contributed by atoms with Gasteiger partial charge in [0.1, 0.15) is 0 Å². The van der Waals surface area contributed by atoms with Gasteiger partial charge in [-0.15, -0.1) is 0 Å². The van der Waals surface area contributed by atoms with Crippen molar-refractivity contribution in [2.24, 2.45) is 5.92 Å². The van der Waals surface area contributed by atoms with Crippen LogP contribution in [0, 0.1) is 61.3 Å². The Morgan fingerprint density at radius 1 is 0.403 bits per heavy atom. The second-order valence-electron chi connectivity index (χ2n) is 19.1. The summed E-state index contributed by atoms with van der Waals surface area (Å²) in [5.74, 6) is 1.04. The minimum absolute atomic E-state index is 0.263. The highest BCUT2D eigenvalue weighted by atomic mass is 14.5. The minimum Gasteiger partial charge on any atom is -0.0625 e. The van der Waals surface area contributed by atoms with E-state index in [1.54, 1.807) is 0 Å². The van der Waals surface area contributed by atoms with Gasteiger partial charge in [0.2, 0.25) is 0 Å². The van der Waals surface area contributed by atoms with Crippen molar-refractivity contribution < 1.29 is 0 Å². The molecule has 0 aromatic heterocycles. The van der Waals surface area contributed by atoms with Gasteiger partial charge in [0, 0.05) is 0 Å². The second kappa shape index (κ2) is 22.1. The summed E-state index contributed by atoms with van der Waals surface area (Å²) in [6.45, 7) is 26.2. The van der Waals surface area contributed by atoms with Gasteiger partial charge in [-0.05, 0) is 122 Å². The van der Waals surface area contributed by atoms with Crippen molar-refractivity contribution in [3.63, 3.8) is 0 Å². The molecule has 0 heterocycles. The first-order chi connectivity index (χ1) is 29.6. The van der Waals surface area contributed by atoms with E-state index >= 15 is 0 Å². The molecule has 322 valence electrons. The molecule has 7 aromatic rings. The number of aryl methyl sites for hydroxylation is 7. The molecule has 0 aliphatic heterocycles. The van der Waals surface area contributed by atoms with Crippen LogP contribution in [0.5, 0.6) is 0 Å². The zero-order valence-corrected chi connectivity index (χ0v) is 40.2. The largest absolute Gasteiger partial charge is 0.0713 e. The standard InChI is InChI=1S/C26H20.C11H16.C10H14.C8H10.C7H14/c1-19-16-17-23-22-14-8-9-15-24(22)26(25(23)18-19,20-10-4-2-5-11-20)21-12-6-3-7-13-21;1-9-5-7-10(8-6-9)11(2,3)4;1-7-5-8(2)10(4)9(3)6-7;1-7-3-5-8(2)6-4-7;1-7-5-3-2-4-6-7/h2-18H,1H3;5-8H,1-4H3;5-6H,1-4H3;3-6H,1-2H3;7H,2-6H2,1H3. The highest BCUT2D eigenvalue weighted by molar-refractivity contribution is 5.86. The normalized spacial score (nSPS) is 13.5. The third-order valence-electron chi connectivity index (χ3n) is 12.7. The molecule has 9 rings (SSSR count). The fourth-order valence-electron chi connectivity index (χ4n) is 8.81. The van der Waals surface area contributed by atoms with Crippen molar-refractivity contribution in [3.8, 4) is 11.1 Å². The minimum atomic E-state index is -0.263. The van der Waals surface area contributed by atoms with Gasteiger partial charge in [-0.25, -0.2) is 0 Å². The van der Waals surface area contributed by atoms with Crippen molar-refractivity contribution in [3.05, 3.63) is 236 Å². The van der Waals surface area contributed by atoms with Crippen LogP contribution in [0.1, 0.15) is 132 Å². The van der Waals surface area contributed by atoms with Crippen molar-refractivity contribution in [2.75, 3.05) is 0 Å². The van der Waals surface area contributed by atoms with Crippen molar-refractivity contribution in [1.29, 1.82) is 0 Å². The molecule has 0 atom stereocenters. The molecule has 62 heavy (non-hydrogen) atoms. The maximum absolute atomic E-state index is 2.37. The van der Waals surface area contributed by atoms with Gasteiger partial charge in [0.15, 0.2) is 0 Å². The molecule has 7 aromatic carbocycles. The molecule has 1 saturated carbocycles. The molecule has 0 unspecified atom stereocenters. The average molecular weight is 819 g/mol. The topological polar surface area (TPSA) is 0 Å². The molecule has 0 amide bonds.